The summed E-state index contributed by atoms with van der Waals surface area (Å²) in [4.78, 5) is 12.0. The maximum atomic E-state index is 12.0. The number of H-pyrrole nitrogens is 1. The number of hydrogen-bond donors (Lipinski definition) is 1. The van der Waals surface area contributed by atoms with Crippen LogP contribution in [0.4, 0.5) is 0 Å². The van der Waals surface area contributed by atoms with Gasteiger partial charge in [0.1, 0.15) is 17.6 Å². The fourth-order valence-corrected chi connectivity index (χ4v) is 2.68. The molecule has 0 aliphatic carbocycles. The van der Waals surface area contributed by atoms with Crippen molar-refractivity contribution in [3.8, 4) is 16.9 Å². The van der Waals surface area contributed by atoms with Crippen LogP contribution in [0.25, 0.3) is 16.6 Å². The maximum absolute atomic E-state index is 12.0. The Kier molecular flexibility index (Phi) is 2.82. The van der Waals surface area contributed by atoms with Crippen molar-refractivity contribution in [3.05, 3.63) is 52.2 Å². The number of benzene rings is 1. The highest BCUT2D eigenvalue weighted by Crippen LogP contribution is 2.32. The van der Waals surface area contributed by atoms with Crippen molar-refractivity contribution in [1.29, 1.82) is 0 Å². The van der Waals surface area contributed by atoms with Crippen molar-refractivity contribution in [2.24, 2.45) is 0 Å². The van der Waals surface area contributed by atoms with Gasteiger partial charge in [-0.1, -0.05) is 12.1 Å². The van der Waals surface area contributed by atoms with Gasteiger partial charge in [-0.05, 0) is 37.1 Å². The molecule has 0 fully saturated rings. The summed E-state index contributed by atoms with van der Waals surface area (Å²) in [6, 6.07) is 7.82. The molecule has 2 aromatic heterocycles. The second-order valence-corrected chi connectivity index (χ2v) is 4.72. The van der Waals surface area contributed by atoms with Gasteiger partial charge in [0.15, 0.2) is 0 Å². The van der Waals surface area contributed by atoms with Crippen LogP contribution in [0.5, 0.6) is 5.75 Å². The Bertz CT molecular complexity index is 846. The highest BCUT2D eigenvalue weighted by atomic mass is 16.5. The van der Waals surface area contributed by atoms with Crippen molar-refractivity contribution in [1.82, 2.24) is 14.6 Å². The van der Waals surface area contributed by atoms with Crippen molar-refractivity contribution >= 4 is 5.52 Å². The van der Waals surface area contributed by atoms with Crippen LogP contribution >= 0.6 is 0 Å². The first-order valence-electron chi connectivity index (χ1n) is 6.33. The zero-order chi connectivity index (χ0) is 14.3. The van der Waals surface area contributed by atoms with Gasteiger partial charge >= 0.3 is 0 Å². The Morgan fingerprint density at radius 2 is 2.10 bits per heavy atom. The molecule has 0 aliphatic rings. The monoisotopic (exact) mass is 269 g/mol. The zero-order valence-corrected chi connectivity index (χ0v) is 11.6. The van der Waals surface area contributed by atoms with E-state index in [0.29, 0.717) is 5.52 Å². The van der Waals surface area contributed by atoms with E-state index in [1.807, 2.05) is 42.5 Å². The number of fused-ring (bicyclic) bond motifs is 1. The number of rotatable bonds is 2. The molecule has 3 rings (SSSR count). The lowest BCUT2D eigenvalue weighted by atomic mass is 10.0. The molecule has 1 aromatic carbocycles. The number of nitrogens with zero attached hydrogens (tertiary/aromatic N) is 2. The van der Waals surface area contributed by atoms with Gasteiger partial charge in [-0.25, -0.2) is 5.10 Å². The summed E-state index contributed by atoms with van der Waals surface area (Å²) in [6.45, 7) is 3.93. The van der Waals surface area contributed by atoms with Crippen molar-refractivity contribution < 1.29 is 4.74 Å². The number of ether oxygens (including phenoxy) is 1. The molecule has 0 spiro atoms. The largest absolute Gasteiger partial charge is 0.497 e. The average molecular weight is 269 g/mol. The lowest BCUT2D eigenvalue weighted by Gasteiger charge is -2.05. The van der Waals surface area contributed by atoms with Crippen LogP contribution in [0, 0.1) is 13.8 Å². The van der Waals surface area contributed by atoms with Crippen molar-refractivity contribution in [3.63, 3.8) is 0 Å². The van der Waals surface area contributed by atoms with Gasteiger partial charge < -0.3 is 4.74 Å². The lowest BCUT2D eigenvalue weighted by Crippen LogP contribution is -2.11. The second-order valence-electron chi connectivity index (χ2n) is 4.72. The predicted molar refractivity (Wildman–Crippen MR) is 77.3 cm³/mol. The minimum Gasteiger partial charge on any atom is -0.497 e. The van der Waals surface area contributed by atoms with Crippen LogP contribution in [0.2, 0.25) is 0 Å². The molecule has 0 amide bonds. The summed E-state index contributed by atoms with van der Waals surface area (Å²) in [5.74, 6) is 0.795. The molecule has 3 aromatic rings. The van der Waals surface area contributed by atoms with Gasteiger partial charge in [-0.3, -0.25) is 9.20 Å². The number of aromatic nitrogens is 3. The molecule has 1 N–H and O–H groups in total. The maximum Gasteiger partial charge on any atom is 0.288 e. The molecule has 2 heterocycles. The molecule has 0 bridgehead atoms. The third-order valence-corrected chi connectivity index (χ3v) is 3.61. The van der Waals surface area contributed by atoms with E-state index >= 15 is 0 Å². The summed E-state index contributed by atoms with van der Waals surface area (Å²) in [5.41, 5.74) is 4.46. The average Bonchev–Trinajstić information content (AvgIpc) is 2.72. The molecule has 0 atom stereocenters. The van der Waals surface area contributed by atoms with Crippen LogP contribution in [-0.2, 0) is 0 Å². The third-order valence-electron chi connectivity index (χ3n) is 3.61. The van der Waals surface area contributed by atoms with Gasteiger partial charge in [-0.15, -0.1) is 0 Å². The van der Waals surface area contributed by atoms with E-state index in [1.54, 1.807) is 13.4 Å². The molecule has 0 unspecified atom stereocenters. The van der Waals surface area contributed by atoms with Gasteiger partial charge in [0.25, 0.3) is 5.56 Å². The summed E-state index contributed by atoms with van der Waals surface area (Å²) in [7, 11) is 1.64. The van der Waals surface area contributed by atoms with Crippen LogP contribution in [-0.4, -0.2) is 21.7 Å². The Hall–Kier alpha value is -2.56. The first kappa shape index (κ1) is 12.5. The molecular formula is C15H15N3O2. The molecule has 0 saturated heterocycles. The third kappa shape index (κ3) is 1.71. The van der Waals surface area contributed by atoms with E-state index in [0.717, 1.165) is 28.1 Å². The van der Waals surface area contributed by atoms with E-state index in [1.165, 1.54) is 0 Å². The van der Waals surface area contributed by atoms with E-state index in [9.17, 15) is 4.79 Å². The summed E-state index contributed by atoms with van der Waals surface area (Å²) < 4.78 is 7.09. The number of nitrogens with one attached hydrogen (secondary N) is 1. The van der Waals surface area contributed by atoms with Crippen LogP contribution < -0.4 is 10.3 Å². The number of hydrogen-bond acceptors (Lipinski definition) is 3. The van der Waals surface area contributed by atoms with E-state index < -0.39 is 0 Å². The first-order valence-corrected chi connectivity index (χ1v) is 6.33. The predicted octanol–water partition coefficient (Wildman–Crippen LogP) is 2.32. The molecule has 5 nitrogen and oxygen atoms in total. The molecule has 0 saturated carbocycles. The standard InChI is InChI=1S/C15H15N3O2/c1-9-13(11-5-4-6-12(7-11)20-3)10(2)18-8-16-17-15(19)14(9)18/h4-8H,1-3H3,(H,17,19). The topological polar surface area (TPSA) is 59.4 Å². The Labute approximate surface area is 115 Å². The Morgan fingerprint density at radius 1 is 1.30 bits per heavy atom. The Balaban J connectivity index is 2.37. The molecule has 102 valence electrons. The fourth-order valence-electron chi connectivity index (χ4n) is 2.68. The summed E-state index contributed by atoms with van der Waals surface area (Å²) in [5, 5.41) is 6.33. The molecule has 20 heavy (non-hydrogen) atoms. The smallest absolute Gasteiger partial charge is 0.288 e. The van der Waals surface area contributed by atoms with E-state index in [4.69, 9.17) is 4.74 Å². The Morgan fingerprint density at radius 3 is 2.80 bits per heavy atom. The van der Waals surface area contributed by atoms with Gasteiger partial charge in [-0.2, -0.15) is 5.10 Å². The van der Waals surface area contributed by atoms with Gasteiger partial charge in [0.05, 0.1) is 7.11 Å². The first-order chi connectivity index (χ1) is 9.63. The zero-order valence-electron chi connectivity index (χ0n) is 11.6. The van der Waals surface area contributed by atoms with Crippen molar-refractivity contribution in [2.45, 2.75) is 13.8 Å². The minimum absolute atomic E-state index is 0.178. The molecular weight excluding hydrogens is 254 g/mol. The highest BCUT2D eigenvalue weighted by Gasteiger charge is 2.16. The van der Waals surface area contributed by atoms with Gasteiger partial charge in [0.2, 0.25) is 0 Å². The minimum atomic E-state index is -0.178. The van der Waals surface area contributed by atoms with Gasteiger partial charge in [0, 0.05) is 11.3 Å². The number of aromatic amines is 1. The van der Waals surface area contributed by atoms with Crippen LogP contribution in [0.1, 0.15) is 11.3 Å². The molecule has 0 aliphatic heterocycles. The van der Waals surface area contributed by atoms with E-state index in [2.05, 4.69) is 10.2 Å². The molecule has 0 radical (unpaired) electrons. The van der Waals surface area contributed by atoms with Crippen LogP contribution in [0.15, 0.2) is 35.4 Å². The lowest BCUT2D eigenvalue weighted by molar-refractivity contribution is 0.415. The summed E-state index contributed by atoms with van der Waals surface area (Å²) >= 11 is 0. The van der Waals surface area contributed by atoms with Crippen molar-refractivity contribution in [2.75, 3.05) is 7.11 Å². The highest BCUT2D eigenvalue weighted by molar-refractivity contribution is 5.79. The fraction of sp³-hybridized carbons (Fsp3) is 0.200. The SMILES string of the molecule is COc1cccc(-c2c(C)c3c(=O)[nH]ncn3c2C)c1. The quantitative estimate of drug-likeness (QED) is 0.776. The molecule has 5 heteroatoms. The number of aryl methyl sites for hydroxylation is 2. The van der Waals surface area contributed by atoms with Crippen LogP contribution in [0.3, 0.4) is 0 Å². The second kappa shape index (κ2) is 4.52. The normalized spacial score (nSPS) is 10.9. The summed E-state index contributed by atoms with van der Waals surface area (Å²) in [6.07, 6.45) is 1.63. The number of methoxy groups -OCH3 is 1. The van der Waals surface area contributed by atoms with E-state index in [-0.39, 0.29) is 5.56 Å².